The summed E-state index contributed by atoms with van der Waals surface area (Å²) in [6.07, 6.45) is 1.51. The van der Waals surface area contributed by atoms with Crippen molar-refractivity contribution < 1.29 is 23.5 Å². The highest BCUT2D eigenvalue weighted by Gasteiger charge is 2.46. The van der Waals surface area contributed by atoms with Crippen LogP contribution in [-0.2, 0) is 25.7 Å². The van der Waals surface area contributed by atoms with Gasteiger partial charge in [0.2, 0.25) is 0 Å². The van der Waals surface area contributed by atoms with Crippen molar-refractivity contribution in [3.8, 4) is 5.75 Å². The second kappa shape index (κ2) is 12.6. The fourth-order valence-electron chi connectivity index (χ4n) is 4.62. The molecule has 0 atom stereocenters. The van der Waals surface area contributed by atoms with Crippen LogP contribution in [0.4, 0.5) is 0 Å². The van der Waals surface area contributed by atoms with Gasteiger partial charge in [0.15, 0.2) is 0 Å². The largest absolute Gasteiger partial charge is 0.543 e. The standard InChI is InChI=1S/C28H38O5Si/c1-20(2)34(21(3)4,22(5)6)33-26-15-13-23(14-16-26)17-25(18-27(29)31-7)28(30)32-19-24-11-9-8-10-12-24/h8-17,20-22H,18-19H2,1-7H3. The van der Waals surface area contributed by atoms with Crippen LogP contribution in [0.3, 0.4) is 0 Å². The van der Waals surface area contributed by atoms with E-state index >= 15 is 0 Å². The van der Waals surface area contributed by atoms with E-state index in [1.807, 2.05) is 54.6 Å². The summed E-state index contributed by atoms with van der Waals surface area (Å²) in [5, 5.41) is 0. The number of hydrogen-bond acceptors (Lipinski definition) is 5. The maximum atomic E-state index is 12.7. The molecule has 0 fully saturated rings. The van der Waals surface area contributed by atoms with Gasteiger partial charge in [0, 0.05) is 5.57 Å². The van der Waals surface area contributed by atoms with Crippen molar-refractivity contribution in [1.29, 1.82) is 0 Å². The maximum absolute atomic E-state index is 12.7. The lowest BCUT2D eigenvalue weighted by Crippen LogP contribution is -2.50. The summed E-state index contributed by atoms with van der Waals surface area (Å²) in [5.41, 5.74) is 3.32. The molecule has 0 saturated carbocycles. The van der Waals surface area contributed by atoms with E-state index in [4.69, 9.17) is 13.9 Å². The van der Waals surface area contributed by atoms with Gasteiger partial charge in [-0.15, -0.1) is 0 Å². The Bertz CT molecular complexity index is 940. The summed E-state index contributed by atoms with van der Waals surface area (Å²) < 4.78 is 16.9. The van der Waals surface area contributed by atoms with Crippen LogP contribution < -0.4 is 4.43 Å². The topological polar surface area (TPSA) is 61.8 Å². The number of carbonyl (C=O) groups excluding carboxylic acids is 2. The second-order valence-electron chi connectivity index (χ2n) is 9.47. The maximum Gasteiger partial charge on any atom is 0.334 e. The minimum absolute atomic E-state index is 0.136. The molecule has 0 aliphatic heterocycles. The van der Waals surface area contributed by atoms with Gasteiger partial charge in [-0.2, -0.15) is 0 Å². The molecule has 2 aromatic rings. The van der Waals surface area contributed by atoms with Gasteiger partial charge >= 0.3 is 11.9 Å². The molecule has 5 nitrogen and oxygen atoms in total. The average molecular weight is 483 g/mol. The van der Waals surface area contributed by atoms with Gasteiger partial charge in [-0.3, -0.25) is 4.79 Å². The van der Waals surface area contributed by atoms with Crippen molar-refractivity contribution in [2.45, 2.75) is 71.2 Å². The first-order chi connectivity index (χ1) is 16.1. The highest BCUT2D eigenvalue weighted by atomic mass is 28.4. The Labute approximate surface area is 205 Å². The molecule has 0 bridgehead atoms. The molecule has 0 radical (unpaired) electrons. The molecule has 184 valence electrons. The van der Waals surface area contributed by atoms with Crippen molar-refractivity contribution in [2.24, 2.45) is 0 Å². The Morgan fingerprint density at radius 3 is 1.91 bits per heavy atom. The smallest absolute Gasteiger partial charge is 0.334 e. The predicted molar refractivity (Wildman–Crippen MR) is 139 cm³/mol. The predicted octanol–water partition coefficient (Wildman–Crippen LogP) is 6.93. The van der Waals surface area contributed by atoms with Gasteiger partial charge in [-0.25, -0.2) is 4.79 Å². The van der Waals surface area contributed by atoms with Crippen LogP contribution in [0.5, 0.6) is 5.75 Å². The van der Waals surface area contributed by atoms with Gasteiger partial charge in [0.25, 0.3) is 8.32 Å². The minimum atomic E-state index is -2.06. The molecule has 0 spiro atoms. The van der Waals surface area contributed by atoms with E-state index < -0.39 is 20.3 Å². The summed E-state index contributed by atoms with van der Waals surface area (Å²) in [6, 6.07) is 17.1. The lowest BCUT2D eigenvalue weighted by atomic mass is 10.1. The quantitative estimate of drug-likeness (QED) is 0.197. The second-order valence-corrected chi connectivity index (χ2v) is 14.8. The molecule has 0 N–H and O–H groups in total. The Morgan fingerprint density at radius 2 is 1.41 bits per heavy atom. The third kappa shape index (κ3) is 7.07. The van der Waals surface area contributed by atoms with Crippen LogP contribution in [0.1, 0.15) is 59.1 Å². The van der Waals surface area contributed by atoms with E-state index in [-0.39, 0.29) is 18.6 Å². The van der Waals surface area contributed by atoms with E-state index in [1.54, 1.807) is 6.08 Å². The van der Waals surface area contributed by atoms with Crippen molar-refractivity contribution in [3.05, 3.63) is 71.3 Å². The van der Waals surface area contributed by atoms with Gasteiger partial charge in [-0.05, 0) is 46.0 Å². The summed E-state index contributed by atoms with van der Waals surface area (Å²) in [4.78, 5) is 24.6. The molecule has 0 heterocycles. The summed E-state index contributed by atoms with van der Waals surface area (Å²) in [6.45, 7) is 13.7. The Kier molecular flexibility index (Phi) is 10.1. The van der Waals surface area contributed by atoms with Crippen LogP contribution in [0.2, 0.25) is 16.6 Å². The Hall–Kier alpha value is -2.86. The number of carbonyl (C=O) groups is 2. The fourth-order valence-corrected chi connectivity index (χ4v) is 9.87. The fraction of sp³-hybridized carbons (Fsp3) is 0.429. The molecular weight excluding hydrogens is 444 g/mol. The third-order valence-corrected chi connectivity index (χ3v) is 12.3. The average Bonchev–Trinajstić information content (AvgIpc) is 2.81. The molecule has 2 rings (SSSR count). The summed E-state index contributed by atoms with van der Waals surface area (Å²) in [5.74, 6) is -0.203. The molecule has 0 unspecified atom stereocenters. The van der Waals surface area contributed by atoms with Crippen molar-refractivity contribution in [2.75, 3.05) is 7.11 Å². The molecule has 6 heteroatoms. The zero-order valence-corrected chi connectivity index (χ0v) is 22.5. The van der Waals surface area contributed by atoms with E-state index in [9.17, 15) is 9.59 Å². The van der Waals surface area contributed by atoms with Crippen LogP contribution in [0.25, 0.3) is 6.08 Å². The van der Waals surface area contributed by atoms with Crippen molar-refractivity contribution in [3.63, 3.8) is 0 Å². The number of hydrogen-bond donors (Lipinski definition) is 0. The van der Waals surface area contributed by atoms with E-state index in [1.165, 1.54) is 7.11 Å². The summed E-state index contributed by atoms with van der Waals surface area (Å²) >= 11 is 0. The first kappa shape index (κ1) is 27.4. The van der Waals surface area contributed by atoms with Gasteiger partial charge in [-0.1, -0.05) is 84.0 Å². The highest BCUT2D eigenvalue weighted by molar-refractivity contribution is 6.78. The minimum Gasteiger partial charge on any atom is -0.543 e. The third-order valence-electron chi connectivity index (χ3n) is 6.26. The van der Waals surface area contributed by atoms with E-state index in [2.05, 4.69) is 41.5 Å². The van der Waals surface area contributed by atoms with Crippen LogP contribution in [0.15, 0.2) is 60.2 Å². The number of benzene rings is 2. The van der Waals surface area contributed by atoms with Crippen molar-refractivity contribution >= 4 is 26.3 Å². The van der Waals surface area contributed by atoms with Crippen LogP contribution >= 0.6 is 0 Å². The number of ether oxygens (including phenoxy) is 2. The van der Waals surface area contributed by atoms with Gasteiger partial charge in [0.1, 0.15) is 12.4 Å². The SMILES string of the molecule is COC(=O)CC(=Cc1ccc(O[Si](C(C)C)(C(C)C)C(C)C)cc1)C(=O)OCc1ccccc1. The molecular formula is C28H38O5Si. The first-order valence-corrected chi connectivity index (χ1v) is 14.0. The van der Waals surface area contributed by atoms with Crippen LogP contribution in [-0.4, -0.2) is 27.4 Å². The molecule has 0 aromatic heterocycles. The highest BCUT2D eigenvalue weighted by Crippen LogP contribution is 2.42. The monoisotopic (exact) mass is 482 g/mol. The molecule has 0 saturated heterocycles. The van der Waals surface area contributed by atoms with E-state index in [0.29, 0.717) is 16.6 Å². The summed E-state index contributed by atoms with van der Waals surface area (Å²) in [7, 11) is -0.755. The number of esters is 2. The van der Waals surface area contributed by atoms with Crippen LogP contribution in [0, 0.1) is 0 Å². The normalized spacial score (nSPS) is 12.2. The molecule has 34 heavy (non-hydrogen) atoms. The van der Waals surface area contributed by atoms with Gasteiger partial charge in [0.05, 0.1) is 13.5 Å². The van der Waals surface area contributed by atoms with E-state index in [0.717, 1.165) is 16.9 Å². The number of rotatable bonds is 11. The lowest BCUT2D eigenvalue weighted by Gasteiger charge is -2.42. The first-order valence-electron chi connectivity index (χ1n) is 11.9. The molecule has 0 amide bonds. The molecule has 0 aliphatic carbocycles. The zero-order valence-electron chi connectivity index (χ0n) is 21.5. The van der Waals surface area contributed by atoms with Crippen molar-refractivity contribution in [1.82, 2.24) is 0 Å². The molecule has 2 aromatic carbocycles. The Morgan fingerprint density at radius 1 is 0.853 bits per heavy atom. The number of methoxy groups -OCH3 is 1. The zero-order chi connectivity index (χ0) is 25.3. The lowest BCUT2D eigenvalue weighted by molar-refractivity contribution is -0.145. The molecule has 0 aliphatic rings. The van der Waals surface area contributed by atoms with Gasteiger partial charge < -0.3 is 13.9 Å². The Balaban J connectivity index is 2.24.